The van der Waals surface area contributed by atoms with Crippen molar-refractivity contribution in [1.29, 1.82) is 0 Å². The van der Waals surface area contributed by atoms with Crippen LogP contribution >= 0.6 is 0 Å². The first-order valence-corrected chi connectivity index (χ1v) is 7.18. The minimum Gasteiger partial charge on any atom is -0.497 e. The lowest BCUT2D eigenvalue weighted by Gasteiger charge is -2.33. The summed E-state index contributed by atoms with van der Waals surface area (Å²) in [6.07, 6.45) is 0. The number of fused-ring (bicyclic) bond motifs is 1. The zero-order chi connectivity index (χ0) is 15.5. The summed E-state index contributed by atoms with van der Waals surface area (Å²) < 4.78 is 10.5. The fourth-order valence-corrected chi connectivity index (χ4v) is 2.74. The molecular formula is C17H20N2O3. The number of aliphatic hydroxyl groups is 1. The van der Waals surface area contributed by atoms with Gasteiger partial charge in [0.2, 0.25) is 0 Å². The normalized spacial score (nSPS) is 13.3. The van der Waals surface area contributed by atoms with E-state index in [1.807, 2.05) is 36.4 Å². The lowest BCUT2D eigenvalue weighted by Crippen LogP contribution is -2.34. The Balaban J connectivity index is 1.90. The van der Waals surface area contributed by atoms with Crippen molar-refractivity contribution in [3.8, 4) is 11.5 Å². The summed E-state index contributed by atoms with van der Waals surface area (Å²) in [7, 11) is 3.30. The first-order valence-electron chi connectivity index (χ1n) is 7.18. The number of hydrogen-bond acceptors (Lipinski definition) is 5. The van der Waals surface area contributed by atoms with E-state index in [1.54, 1.807) is 14.2 Å². The number of methoxy groups -OCH3 is 2. The van der Waals surface area contributed by atoms with Crippen LogP contribution in [0.25, 0.3) is 0 Å². The predicted octanol–water partition coefficient (Wildman–Crippen LogP) is 2.59. The van der Waals surface area contributed by atoms with E-state index in [2.05, 4.69) is 10.2 Å². The molecule has 0 radical (unpaired) electrons. The van der Waals surface area contributed by atoms with Crippen LogP contribution in [0.4, 0.5) is 11.4 Å². The monoisotopic (exact) mass is 300 g/mol. The van der Waals surface area contributed by atoms with Gasteiger partial charge in [0.05, 0.1) is 27.5 Å². The van der Waals surface area contributed by atoms with Crippen molar-refractivity contribution in [2.45, 2.75) is 13.2 Å². The van der Waals surface area contributed by atoms with Crippen molar-refractivity contribution in [2.24, 2.45) is 0 Å². The molecule has 5 heteroatoms. The van der Waals surface area contributed by atoms with Crippen LogP contribution in [0.5, 0.6) is 11.5 Å². The van der Waals surface area contributed by atoms with E-state index in [0.29, 0.717) is 6.67 Å². The highest BCUT2D eigenvalue weighted by Gasteiger charge is 2.19. The van der Waals surface area contributed by atoms with Crippen LogP contribution in [-0.2, 0) is 13.2 Å². The van der Waals surface area contributed by atoms with Crippen LogP contribution in [0.2, 0.25) is 0 Å². The summed E-state index contributed by atoms with van der Waals surface area (Å²) in [5, 5.41) is 13.0. The summed E-state index contributed by atoms with van der Waals surface area (Å²) in [5.41, 5.74) is 4.15. The average molecular weight is 300 g/mol. The molecule has 3 rings (SSSR count). The molecule has 0 saturated heterocycles. The second-order valence-corrected chi connectivity index (χ2v) is 5.21. The fourth-order valence-electron chi connectivity index (χ4n) is 2.74. The average Bonchev–Trinajstić information content (AvgIpc) is 2.60. The zero-order valence-electron chi connectivity index (χ0n) is 12.8. The van der Waals surface area contributed by atoms with Gasteiger partial charge in [-0.3, -0.25) is 0 Å². The molecule has 0 bridgehead atoms. The van der Waals surface area contributed by atoms with Crippen molar-refractivity contribution in [3.05, 3.63) is 47.5 Å². The number of nitrogens with one attached hydrogen (secondary N) is 1. The Morgan fingerprint density at radius 1 is 1.09 bits per heavy atom. The van der Waals surface area contributed by atoms with Gasteiger partial charge in [0, 0.05) is 23.5 Å². The third-order valence-electron chi connectivity index (χ3n) is 3.93. The molecule has 0 aromatic heterocycles. The van der Waals surface area contributed by atoms with E-state index in [1.165, 1.54) is 5.56 Å². The standard InChI is InChI=1S/C17H20N2O3/c1-21-14-3-5-16-12(7-14)9-19(11-18-16)17-6-4-15(22-2)8-13(17)10-20/h3-8,18,20H,9-11H2,1-2H3. The lowest BCUT2D eigenvalue weighted by molar-refractivity contribution is 0.281. The Morgan fingerprint density at radius 2 is 1.82 bits per heavy atom. The van der Waals surface area contributed by atoms with Gasteiger partial charge in [0.1, 0.15) is 11.5 Å². The number of nitrogens with zero attached hydrogens (tertiary/aromatic N) is 1. The molecule has 2 N–H and O–H groups in total. The van der Waals surface area contributed by atoms with Gasteiger partial charge in [-0.25, -0.2) is 0 Å². The molecule has 1 aliphatic heterocycles. The number of aliphatic hydroxyl groups excluding tert-OH is 1. The highest BCUT2D eigenvalue weighted by molar-refractivity contribution is 5.63. The highest BCUT2D eigenvalue weighted by atomic mass is 16.5. The maximum Gasteiger partial charge on any atom is 0.119 e. The van der Waals surface area contributed by atoms with Crippen LogP contribution in [0, 0.1) is 0 Å². The number of rotatable bonds is 4. The summed E-state index contributed by atoms with van der Waals surface area (Å²) in [4.78, 5) is 2.19. The van der Waals surface area contributed by atoms with Gasteiger partial charge in [-0.2, -0.15) is 0 Å². The maximum atomic E-state index is 9.62. The molecule has 0 unspecified atom stereocenters. The van der Waals surface area contributed by atoms with Crippen LogP contribution in [0.15, 0.2) is 36.4 Å². The van der Waals surface area contributed by atoms with Crippen molar-refractivity contribution in [1.82, 2.24) is 0 Å². The van der Waals surface area contributed by atoms with Gasteiger partial charge in [-0.05, 0) is 42.0 Å². The van der Waals surface area contributed by atoms with Gasteiger partial charge < -0.3 is 24.8 Å². The Morgan fingerprint density at radius 3 is 2.55 bits per heavy atom. The highest BCUT2D eigenvalue weighted by Crippen LogP contribution is 2.32. The number of ether oxygens (including phenoxy) is 2. The fraction of sp³-hybridized carbons (Fsp3) is 0.294. The molecule has 5 nitrogen and oxygen atoms in total. The van der Waals surface area contributed by atoms with E-state index in [9.17, 15) is 5.11 Å². The molecule has 0 aliphatic carbocycles. The number of hydrogen-bond donors (Lipinski definition) is 2. The van der Waals surface area contributed by atoms with E-state index < -0.39 is 0 Å². The molecular weight excluding hydrogens is 280 g/mol. The number of anilines is 2. The molecule has 22 heavy (non-hydrogen) atoms. The third-order valence-corrected chi connectivity index (χ3v) is 3.93. The van der Waals surface area contributed by atoms with Crippen molar-refractivity contribution in [2.75, 3.05) is 31.1 Å². The molecule has 0 spiro atoms. The van der Waals surface area contributed by atoms with E-state index >= 15 is 0 Å². The Bertz CT molecular complexity index is 673. The van der Waals surface area contributed by atoms with Gasteiger partial charge in [0.15, 0.2) is 0 Å². The van der Waals surface area contributed by atoms with Gasteiger partial charge in [-0.1, -0.05) is 0 Å². The largest absolute Gasteiger partial charge is 0.497 e. The SMILES string of the molecule is COc1ccc2c(c1)CN(c1ccc(OC)cc1CO)CN2. The second kappa shape index (κ2) is 6.15. The summed E-state index contributed by atoms with van der Waals surface area (Å²) in [5.74, 6) is 1.60. The quantitative estimate of drug-likeness (QED) is 0.909. The summed E-state index contributed by atoms with van der Waals surface area (Å²) in [6, 6.07) is 11.8. The van der Waals surface area contributed by atoms with Crippen LogP contribution in [0.3, 0.4) is 0 Å². The molecule has 1 aliphatic rings. The summed E-state index contributed by atoms with van der Waals surface area (Å²) in [6.45, 7) is 1.44. The van der Waals surface area contributed by atoms with Crippen LogP contribution in [-0.4, -0.2) is 26.0 Å². The predicted molar refractivity (Wildman–Crippen MR) is 86.6 cm³/mol. The molecule has 0 amide bonds. The smallest absolute Gasteiger partial charge is 0.119 e. The molecule has 1 heterocycles. The van der Waals surface area contributed by atoms with Crippen LogP contribution < -0.4 is 19.7 Å². The molecule has 2 aromatic rings. The van der Waals surface area contributed by atoms with Gasteiger partial charge >= 0.3 is 0 Å². The minimum atomic E-state index is -0.0198. The molecule has 116 valence electrons. The summed E-state index contributed by atoms with van der Waals surface area (Å²) >= 11 is 0. The van der Waals surface area contributed by atoms with E-state index in [0.717, 1.165) is 35.0 Å². The topological polar surface area (TPSA) is 54.0 Å². The van der Waals surface area contributed by atoms with E-state index in [4.69, 9.17) is 9.47 Å². The Hall–Kier alpha value is -2.40. The minimum absolute atomic E-state index is 0.0198. The van der Waals surface area contributed by atoms with E-state index in [-0.39, 0.29) is 6.61 Å². The molecule has 2 aromatic carbocycles. The lowest BCUT2D eigenvalue weighted by atomic mass is 10.1. The van der Waals surface area contributed by atoms with Crippen LogP contribution in [0.1, 0.15) is 11.1 Å². The first kappa shape index (κ1) is 14.5. The molecule has 0 saturated carbocycles. The number of benzene rings is 2. The maximum absolute atomic E-state index is 9.62. The zero-order valence-corrected chi connectivity index (χ0v) is 12.8. The second-order valence-electron chi connectivity index (χ2n) is 5.21. The Kier molecular flexibility index (Phi) is 4.06. The Labute approximate surface area is 130 Å². The van der Waals surface area contributed by atoms with Crippen molar-refractivity contribution < 1.29 is 14.6 Å². The molecule has 0 atom stereocenters. The first-order chi connectivity index (χ1) is 10.7. The van der Waals surface area contributed by atoms with Gasteiger partial charge in [0.25, 0.3) is 0 Å². The van der Waals surface area contributed by atoms with Gasteiger partial charge in [-0.15, -0.1) is 0 Å². The third kappa shape index (κ3) is 2.67. The van der Waals surface area contributed by atoms with Crippen molar-refractivity contribution >= 4 is 11.4 Å². The van der Waals surface area contributed by atoms with Crippen molar-refractivity contribution in [3.63, 3.8) is 0 Å². The molecule has 0 fully saturated rings.